The fraction of sp³-hybridized carbons (Fsp3) is 0.500. The van der Waals surface area contributed by atoms with Gasteiger partial charge < -0.3 is 10.6 Å². The molecule has 0 aromatic heterocycles. The lowest BCUT2D eigenvalue weighted by Crippen LogP contribution is -2.55. The molecule has 2 N–H and O–H groups in total. The van der Waals surface area contributed by atoms with Crippen molar-refractivity contribution in [2.45, 2.75) is 32.4 Å². The average molecular weight is 346 g/mol. The van der Waals surface area contributed by atoms with Crippen molar-refractivity contribution in [1.29, 1.82) is 0 Å². The second-order valence-corrected chi connectivity index (χ2v) is 6.42. The van der Waals surface area contributed by atoms with Gasteiger partial charge in [-0.2, -0.15) is 0 Å². The molecule has 1 aromatic carbocycles. The van der Waals surface area contributed by atoms with Crippen LogP contribution in [0.4, 0.5) is 0 Å². The van der Waals surface area contributed by atoms with Gasteiger partial charge in [-0.25, -0.2) is 0 Å². The van der Waals surface area contributed by atoms with Crippen LogP contribution >= 0.6 is 27.5 Å². The molecule has 5 heteroatoms. The molecule has 104 valence electrons. The summed E-state index contributed by atoms with van der Waals surface area (Å²) in [6, 6.07) is 5.67. The van der Waals surface area contributed by atoms with Crippen LogP contribution in [0.3, 0.4) is 0 Å². The summed E-state index contributed by atoms with van der Waals surface area (Å²) in [7, 11) is 0. The molecule has 19 heavy (non-hydrogen) atoms. The summed E-state index contributed by atoms with van der Waals surface area (Å²) >= 11 is 9.34. The predicted octanol–water partition coefficient (Wildman–Crippen LogP) is 3.22. The zero-order valence-corrected chi connectivity index (χ0v) is 13.4. The van der Waals surface area contributed by atoms with Crippen LogP contribution in [0.15, 0.2) is 22.7 Å². The SMILES string of the molecule is CC1CCNC(C)C1NC(=O)c1cc(Cl)ccc1Br. The van der Waals surface area contributed by atoms with Gasteiger partial charge in [0.2, 0.25) is 0 Å². The van der Waals surface area contributed by atoms with Crippen molar-refractivity contribution in [2.75, 3.05) is 6.54 Å². The molecule has 1 fully saturated rings. The lowest BCUT2D eigenvalue weighted by atomic mass is 9.89. The van der Waals surface area contributed by atoms with E-state index in [1.807, 2.05) is 0 Å². The largest absolute Gasteiger partial charge is 0.347 e. The third-order valence-electron chi connectivity index (χ3n) is 3.69. The molecule has 1 heterocycles. The minimum Gasteiger partial charge on any atom is -0.347 e. The zero-order valence-electron chi connectivity index (χ0n) is 11.0. The number of carbonyl (C=O) groups is 1. The standard InChI is InChI=1S/C14H18BrClN2O/c1-8-5-6-17-9(2)13(8)18-14(19)11-7-10(16)3-4-12(11)15/h3-4,7-9,13,17H,5-6H2,1-2H3,(H,18,19). The second-order valence-electron chi connectivity index (χ2n) is 5.13. The first-order valence-electron chi connectivity index (χ1n) is 6.48. The molecule has 1 aliphatic rings. The Morgan fingerprint density at radius 3 is 2.89 bits per heavy atom. The molecule has 1 aliphatic heterocycles. The first-order valence-corrected chi connectivity index (χ1v) is 7.65. The monoisotopic (exact) mass is 344 g/mol. The van der Waals surface area contributed by atoms with Gasteiger partial charge >= 0.3 is 0 Å². The average Bonchev–Trinajstić information content (AvgIpc) is 2.37. The Hall–Kier alpha value is -0.580. The van der Waals surface area contributed by atoms with Crippen LogP contribution in [-0.2, 0) is 0 Å². The number of benzene rings is 1. The molecule has 0 radical (unpaired) electrons. The summed E-state index contributed by atoms with van der Waals surface area (Å²) < 4.78 is 0.762. The van der Waals surface area contributed by atoms with Crippen molar-refractivity contribution >= 4 is 33.4 Å². The number of amides is 1. The summed E-state index contributed by atoms with van der Waals surface area (Å²) in [5, 5.41) is 7.07. The lowest BCUT2D eigenvalue weighted by molar-refractivity contribution is 0.0897. The molecule has 1 saturated heterocycles. The normalized spacial score (nSPS) is 27.1. The van der Waals surface area contributed by atoms with Crippen molar-refractivity contribution in [1.82, 2.24) is 10.6 Å². The maximum absolute atomic E-state index is 12.3. The van der Waals surface area contributed by atoms with Gasteiger partial charge in [0.25, 0.3) is 5.91 Å². The van der Waals surface area contributed by atoms with E-state index >= 15 is 0 Å². The van der Waals surface area contributed by atoms with Gasteiger partial charge in [-0.15, -0.1) is 0 Å². The molecule has 0 saturated carbocycles. The van der Waals surface area contributed by atoms with Gasteiger partial charge in [0.15, 0.2) is 0 Å². The smallest absolute Gasteiger partial charge is 0.252 e. The number of piperidine rings is 1. The molecule has 3 unspecified atom stereocenters. The summed E-state index contributed by atoms with van der Waals surface area (Å²) in [4.78, 5) is 12.3. The Bertz CT molecular complexity index is 471. The molecule has 3 atom stereocenters. The van der Waals surface area contributed by atoms with Gasteiger partial charge in [-0.3, -0.25) is 4.79 Å². The molecule has 2 rings (SSSR count). The number of nitrogens with one attached hydrogen (secondary N) is 2. The number of hydrogen-bond donors (Lipinski definition) is 2. The maximum Gasteiger partial charge on any atom is 0.252 e. The van der Waals surface area contributed by atoms with Crippen molar-refractivity contribution in [2.24, 2.45) is 5.92 Å². The highest BCUT2D eigenvalue weighted by molar-refractivity contribution is 9.10. The van der Waals surface area contributed by atoms with E-state index in [1.165, 1.54) is 0 Å². The van der Waals surface area contributed by atoms with E-state index in [9.17, 15) is 4.79 Å². The Balaban J connectivity index is 2.14. The minimum atomic E-state index is -0.0817. The van der Waals surface area contributed by atoms with Crippen molar-refractivity contribution in [3.63, 3.8) is 0 Å². The quantitative estimate of drug-likeness (QED) is 0.864. The maximum atomic E-state index is 12.3. The van der Waals surface area contributed by atoms with Crippen LogP contribution in [0.25, 0.3) is 0 Å². The molecular weight excluding hydrogens is 328 g/mol. The Morgan fingerprint density at radius 2 is 2.21 bits per heavy atom. The van der Waals surface area contributed by atoms with E-state index < -0.39 is 0 Å². The van der Waals surface area contributed by atoms with E-state index in [2.05, 4.69) is 40.4 Å². The van der Waals surface area contributed by atoms with Crippen LogP contribution in [0.5, 0.6) is 0 Å². The van der Waals surface area contributed by atoms with Crippen LogP contribution < -0.4 is 10.6 Å². The lowest BCUT2D eigenvalue weighted by Gasteiger charge is -2.36. The molecule has 1 aromatic rings. The number of hydrogen-bond acceptors (Lipinski definition) is 2. The minimum absolute atomic E-state index is 0.0817. The third kappa shape index (κ3) is 3.50. The van der Waals surface area contributed by atoms with E-state index in [1.54, 1.807) is 18.2 Å². The number of rotatable bonds is 2. The van der Waals surface area contributed by atoms with Gasteiger partial charge in [-0.05, 0) is 59.9 Å². The van der Waals surface area contributed by atoms with Gasteiger partial charge in [-0.1, -0.05) is 18.5 Å². The molecule has 0 spiro atoms. The predicted molar refractivity (Wildman–Crippen MR) is 81.7 cm³/mol. The van der Waals surface area contributed by atoms with Gasteiger partial charge in [0.05, 0.1) is 5.56 Å². The number of halogens is 2. The summed E-state index contributed by atoms with van der Waals surface area (Å²) in [6.45, 7) is 5.29. The van der Waals surface area contributed by atoms with Crippen molar-refractivity contribution < 1.29 is 4.79 Å². The van der Waals surface area contributed by atoms with Crippen molar-refractivity contribution in [3.8, 4) is 0 Å². The molecule has 0 bridgehead atoms. The number of carbonyl (C=O) groups excluding carboxylic acids is 1. The van der Waals surface area contributed by atoms with E-state index in [0.29, 0.717) is 16.5 Å². The Labute approximate surface area is 127 Å². The Kier molecular flexibility index (Phi) is 4.87. The van der Waals surface area contributed by atoms with Crippen LogP contribution in [0, 0.1) is 5.92 Å². The van der Waals surface area contributed by atoms with Gasteiger partial charge in [0.1, 0.15) is 0 Å². The molecule has 0 aliphatic carbocycles. The summed E-state index contributed by atoms with van der Waals surface area (Å²) in [5.74, 6) is 0.389. The fourth-order valence-electron chi connectivity index (χ4n) is 2.51. The van der Waals surface area contributed by atoms with Gasteiger partial charge in [0, 0.05) is 21.6 Å². The topological polar surface area (TPSA) is 41.1 Å². The van der Waals surface area contributed by atoms with Crippen LogP contribution in [0.2, 0.25) is 5.02 Å². The van der Waals surface area contributed by atoms with E-state index in [0.717, 1.165) is 17.4 Å². The van der Waals surface area contributed by atoms with Crippen molar-refractivity contribution in [3.05, 3.63) is 33.3 Å². The third-order valence-corrected chi connectivity index (χ3v) is 4.62. The molecule has 1 amide bonds. The van der Waals surface area contributed by atoms with Crippen LogP contribution in [0.1, 0.15) is 30.6 Å². The highest BCUT2D eigenvalue weighted by Gasteiger charge is 2.29. The highest BCUT2D eigenvalue weighted by Crippen LogP contribution is 2.22. The fourth-order valence-corrected chi connectivity index (χ4v) is 3.10. The van der Waals surface area contributed by atoms with Crippen LogP contribution in [-0.4, -0.2) is 24.5 Å². The second kappa shape index (κ2) is 6.25. The van der Waals surface area contributed by atoms with E-state index in [-0.39, 0.29) is 18.0 Å². The molecular formula is C14H18BrClN2O. The zero-order chi connectivity index (χ0) is 14.0. The first kappa shape index (κ1) is 14.8. The summed E-state index contributed by atoms with van der Waals surface area (Å²) in [5.41, 5.74) is 0.581. The Morgan fingerprint density at radius 1 is 1.47 bits per heavy atom. The highest BCUT2D eigenvalue weighted by atomic mass is 79.9. The summed E-state index contributed by atoms with van der Waals surface area (Å²) in [6.07, 6.45) is 1.08. The molecule has 3 nitrogen and oxygen atoms in total. The van der Waals surface area contributed by atoms with E-state index in [4.69, 9.17) is 11.6 Å². The first-order chi connectivity index (χ1) is 8.99.